The molecule has 1 N–H and O–H groups in total. The average Bonchev–Trinajstić information content (AvgIpc) is 2.37. The molecule has 4 saturated carbocycles. The van der Waals surface area contributed by atoms with Crippen LogP contribution in [0.1, 0.15) is 64.2 Å². The fourth-order valence-electron chi connectivity index (χ4n) is 6.02. The summed E-state index contributed by atoms with van der Waals surface area (Å²) in [5.41, 5.74) is 1.71. The zero-order valence-electron chi connectivity index (χ0n) is 11.4. The van der Waals surface area contributed by atoms with Gasteiger partial charge in [0.2, 0.25) is 0 Å². The van der Waals surface area contributed by atoms with Crippen LogP contribution in [0.2, 0.25) is 0 Å². The molecule has 0 aromatic rings. The van der Waals surface area contributed by atoms with Gasteiger partial charge in [-0.3, -0.25) is 0 Å². The molecule has 0 heterocycles. The van der Waals surface area contributed by atoms with E-state index in [-0.39, 0.29) is 6.10 Å². The van der Waals surface area contributed by atoms with Crippen LogP contribution in [-0.4, -0.2) is 11.2 Å². The molecule has 0 saturated heterocycles. The summed E-state index contributed by atoms with van der Waals surface area (Å²) >= 11 is 0. The van der Waals surface area contributed by atoms with Crippen molar-refractivity contribution in [1.82, 2.24) is 0 Å². The minimum absolute atomic E-state index is 0.0915. The molecule has 0 radical (unpaired) electrons. The monoisotopic (exact) mass is 246 g/mol. The van der Waals surface area contributed by atoms with Crippen molar-refractivity contribution >= 4 is 0 Å². The minimum atomic E-state index is -0.0915. The van der Waals surface area contributed by atoms with Crippen molar-refractivity contribution in [3.8, 4) is 0 Å². The van der Waals surface area contributed by atoms with Gasteiger partial charge in [0.25, 0.3) is 0 Å². The van der Waals surface area contributed by atoms with Crippen molar-refractivity contribution in [2.45, 2.75) is 70.3 Å². The van der Waals surface area contributed by atoms with Gasteiger partial charge in [-0.25, -0.2) is 0 Å². The first-order chi connectivity index (χ1) is 8.75. The van der Waals surface area contributed by atoms with Gasteiger partial charge < -0.3 is 5.11 Å². The molecule has 18 heavy (non-hydrogen) atoms. The lowest BCUT2D eigenvalue weighted by atomic mass is 9.47. The predicted molar refractivity (Wildman–Crippen MR) is 73.2 cm³/mol. The molecule has 1 unspecified atom stereocenters. The third-order valence-corrected chi connectivity index (χ3v) is 6.34. The van der Waals surface area contributed by atoms with Crippen molar-refractivity contribution in [1.29, 1.82) is 0 Å². The van der Waals surface area contributed by atoms with Crippen LogP contribution in [0.5, 0.6) is 0 Å². The maximum atomic E-state index is 11.0. The van der Waals surface area contributed by atoms with Crippen LogP contribution >= 0.6 is 0 Å². The highest BCUT2D eigenvalue weighted by atomic mass is 16.3. The lowest BCUT2D eigenvalue weighted by molar-refractivity contribution is -0.109. The van der Waals surface area contributed by atoms with E-state index in [2.05, 4.69) is 6.08 Å². The van der Waals surface area contributed by atoms with E-state index in [4.69, 9.17) is 0 Å². The van der Waals surface area contributed by atoms with E-state index >= 15 is 0 Å². The summed E-state index contributed by atoms with van der Waals surface area (Å²) in [4.78, 5) is 0. The van der Waals surface area contributed by atoms with Crippen LogP contribution in [0.25, 0.3) is 0 Å². The Balaban J connectivity index is 1.61. The van der Waals surface area contributed by atoms with E-state index in [9.17, 15) is 5.11 Å². The minimum Gasteiger partial charge on any atom is -0.388 e. The van der Waals surface area contributed by atoms with E-state index in [0.717, 1.165) is 17.8 Å². The number of allylic oxidation sites excluding steroid dienone is 1. The molecular formula is C17H26O. The summed E-state index contributed by atoms with van der Waals surface area (Å²) in [6, 6.07) is 0. The SMILES string of the molecule is OC(C1=CCCCC1)C12CC3CC(CC(C3)C1)C2. The third-order valence-electron chi connectivity index (χ3n) is 6.34. The molecule has 0 amide bonds. The Morgan fingerprint density at radius 2 is 1.61 bits per heavy atom. The van der Waals surface area contributed by atoms with Crippen molar-refractivity contribution in [2.75, 3.05) is 0 Å². The Hall–Kier alpha value is -0.300. The van der Waals surface area contributed by atoms with E-state index in [0.29, 0.717) is 5.41 Å². The van der Waals surface area contributed by atoms with Crippen molar-refractivity contribution in [2.24, 2.45) is 23.2 Å². The summed E-state index contributed by atoms with van der Waals surface area (Å²) in [7, 11) is 0. The average molecular weight is 246 g/mol. The van der Waals surface area contributed by atoms with Gasteiger partial charge in [0, 0.05) is 5.41 Å². The Bertz CT molecular complexity index is 333. The van der Waals surface area contributed by atoms with Gasteiger partial charge in [-0.1, -0.05) is 6.08 Å². The van der Waals surface area contributed by atoms with Gasteiger partial charge in [0.15, 0.2) is 0 Å². The third kappa shape index (κ3) is 1.70. The first-order valence-corrected chi connectivity index (χ1v) is 8.12. The fourth-order valence-corrected chi connectivity index (χ4v) is 6.02. The Labute approximate surface area is 111 Å². The second kappa shape index (κ2) is 4.10. The molecule has 4 bridgehead atoms. The van der Waals surface area contributed by atoms with Gasteiger partial charge in [0.1, 0.15) is 0 Å². The standard InChI is InChI=1S/C17H26O/c18-16(15-4-2-1-3-5-15)17-9-12-6-13(10-17)8-14(7-12)11-17/h4,12-14,16,18H,1-3,5-11H2. The van der Waals surface area contributed by atoms with Crippen LogP contribution in [0, 0.1) is 23.2 Å². The molecular weight excluding hydrogens is 220 g/mol. The molecule has 1 atom stereocenters. The molecule has 1 nitrogen and oxygen atoms in total. The fraction of sp³-hybridized carbons (Fsp3) is 0.882. The molecule has 0 aliphatic heterocycles. The molecule has 5 aliphatic rings. The van der Waals surface area contributed by atoms with Gasteiger partial charge in [0.05, 0.1) is 6.10 Å². The van der Waals surface area contributed by atoms with Crippen LogP contribution in [0.3, 0.4) is 0 Å². The van der Waals surface area contributed by atoms with Gasteiger partial charge >= 0.3 is 0 Å². The molecule has 1 heteroatoms. The van der Waals surface area contributed by atoms with Crippen LogP contribution in [-0.2, 0) is 0 Å². The number of hydrogen-bond acceptors (Lipinski definition) is 1. The molecule has 4 fully saturated rings. The summed E-state index contributed by atoms with van der Waals surface area (Å²) < 4.78 is 0. The molecule has 5 aliphatic carbocycles. The lowest BCUT2D eigenvalue weighted by Gasteiger charge is -2.58. The van der Waals surface area contributed by atoms with Gasteiger partial charge in [-0.2, -0.15) is 0 Å². The second-order valence-corrected chi connectivity index (χ2v) is 7.71. The van der Waals surface area contributed by atoms with Crippen LogP contribution < -0.4 is 0 Å². The molecule has 0 spiro atoms. The van der Waals surface area contributed by atoms with Crippen LogP contribution in [0.4, 0.5) is 0 Å². The lowest BCUT2D eigenvalue weighted by Crippen LogP contribution is -2.52. The highest BCUT2D eigenvalue weighted by molar-refractivity contribution is 5.18. The second-order valence-electron chi connectivity index (χ2n) is 7.71. The van der Waals surface area contributed by atoms with E-state index in [1.807, 2.05) is 0 Å². The van der Waals surface area contributed by atoms with E-state index in [1.54, 1.807) is 0 Å². The predicted octanol–water partition coefficient (Wildman–Crippen LogP) is 4.06. The normalized spacial score (nSPS) is 48.1. The zero-order valence-corrected chi connectivity index (χ0v) is 11.4. The van der Waals surface area contributed by atoms with Crippen molar-refractivity contribution in [3.05, 3.63) is 11.6 Å². The Morgan fingerprint density at radius 1 is 1.00 bits per heavy atom. The summed E-state index contributed by atoms with van der Waals surface area (Å²) in [5, 5.41) is 11.0. The summed E-state index contributed by atoms with van der Waals surface area (Å²) in [6.45, 7) is 0. The summed E-state index contributed by atoms with van der Waals surface area (Å²) in [5.74, 6) is 2.86. The highest BCUT2D eigenvalue weighted by Gasteiger charge is 2.54. The zero-order chi connectivity index (χ0) is 12.2. The smallest absolute Gasteiger partial charge is 0.0806 e. The Kier molecular flexibility index (Phi) is 2.62. The first kappa shape index (κ1) is 11.5. The number of rotatable bonds is 2. The molecule has 0 aromatic heterocycles. The maximum absolute atomic E-state index is 11.0. The summed E-state index contributed by atoms with van der Waals surface area (Å²) in [6.07, 6.45) is 15.7. The number of aliphatic hydroxyl groups excluding tert-OH is 1. The Morgan fingerprint density at radius 3 is 2.11 bits per heavy atom. The molecule has 5 rings (SSSR count). The van der Waals surface area contributed by atoms with E-state index < -0.39 is 0 Å². The first-order valence-electron chi connectivity index (χ1n) is 8.12. The largest absolute Gasteiger partial charge is 0.388 e. The number of aliphatic hydroxyl groups is 1. The van der Waals surface area contributed by atoms with E-state index in [1.165, 1.54) is 69.8 Å². The van der Waals surface area contributed by atoms with Gasteiger partial charge in [-0.05, 0) is 87.5 Å². The maximum Gasteiger partial charge on any atom is 0.0806 e. The quantitative estimate of drug-likeness (QED) is 0.728. The highest BCUT2D eigenvalue weighted by Crippen LogP contribution is 2.62. The van der Waals surface area contributed by atoms with Crippen LogP contribution in [0.15, 0.2) is 11.6 Å². The molecule has 0 aromatic carbocycles. The topological polar surface area (TPSA) is 20.2 Å². The molecule has 100 valence electrons. The van der Waals surface area contributed by atoms with Gasteiger partial charge in [-0.15, -0.1) is 0 Å². The van der Waals surface area contributed by atoms with Crippen molar-refractivity contribution < 1.29 is 5.11 Å². The van der Waals surface area contributed by atoms with Crippen molar-refractivity contribution in [3.63, 3.8) is 0 Å². The number of hydrogen-bond donors (Lipinski definition) is 1.